The minimum atomic E-state index is 0.403. The molecule has 0 radical (unpaired) electrons. The zero-order valence-electron chi connectivity index (χ0n) is 11.3. The average molecular weight is 235 g/mol. The summed E-state index contributed by atoms with van der Waals surface area (Å²) in [6, 6.07) is 1.02. The van der Waals surface area contributed by atoms with Gasteiger partial charge in [-0.05, 0) is 32.6 Å². The number of aryl methyl sites for hydroxylation is 1. The normalized spacial score (nSPS) is 21.4. The van der Waals surface area contributed by atoms with Crippen LogP contribution in [0.5, 0.6) is 0 Å². The largest absolute Gasteiger partial charge is 0.307 e. The number of nitrogens with one attached hydrogen (secondary N) is 1. The van der Waals surface area contributed by atoms with E-state index in [1.165, 1.54) is 37.7 Å². The summed E-state index contributed by atoms with van der Waals surface area (Å²) in [5, 5.41) is 7.96. The molecule has 0 aromatic carbocycles. The summed E-state index contributed by atoms with van der Waals surface area (Å²) < 4.78 is 1.87. The third kappa shape index (κ3) is 3.32. The minimum absolute atomic E-state index is 0.403. The molecule has 3 heteroatoms. The SMILES string of the molecule is CC(N[C@H](C)C1CCCCC1)c1cnn(C)c1. The van der Waals surface area contributed by atoms with Crippen LogP contribution in [0.25, 0.3) is 0 Å². The van der Waals surface area contributed by atoms with Crippen molar-refractivity contribution in [2.45, 2.75) is 58.0 Å². The van der Waals surface area contributed by atoms with Gasteiger partial charge in [0.05, 0.1) is 6.20 Å². The van der Waals surface area contributed by atoms with Gasteiger partial charge in [-0.2, -0.15) is 5.10 Å². The van der Waals surface area contributed by atoms with Gasteiger partial charge in [-0.25, -0.2) is 0 Å². The molecule has 3 nitrogen and oxygen atoms in total. The van der Waals surface area contributed by atoms with Gasteiger partial charge < -0.3 is 5.32 Å². The van der Waals surface area contributed by atoms with Gasteiger partial charge in [0.25, 0.3) is 0 Å². The molecular formula is C14H25N3. The van der Waals surface area contributed by atoms with Crippen molar-refractivity contribution in [2.75, 3.05) is 0 Å². The van der Waals surface area contributed by atoms with E-state index in [-0.39, 0.29) is 0 Å². The molecule has 17 heavy (non-hydrogen) atoms. The van der Waals surface area contributed by atoms with E-state index in [2.05, 4.69) is 30.5 Å². The predicted octanol–water partition coefficient (Wildman–Crippen LogP) is 3.04. The van der Waals surface area contributed by atoms with Crippen molar-refractivity contribution < 1.29 is 0 Å². The lowest BCUT2D eigenvalue weighted by Gasteiger charge is -2.30. The van der Waals surface area contributed by atoms with Crippen LogP contribution in [-0.4, -0.2) is 15.8 Å². The highest BCUT2D eigenvalue weighted by Gasteiger charge is 2.21. The molecule has 1 fully saturated rings. The highest BCUT2D eigenvalue weighted by Crippen LogP contribution is 2.27. The Hall–Kier alpha value is -0.830. The number of aromatic nitrogens is 2. The highest BCUT2D eigenvalue weighted by molar-refractivity contribution is 5.09. The van der Waals surface area contributed by atoms with Gasteiger partial charge in [-0.1, -0.05) is 19.3 Å². The lowest BCUT2D eigenvalue weighted by atomic mass is 9.84. The van der Waals surface area contributed by atoms with E-state index in [4.69, 9.17) is 0 Å². The second kappa shape index (κ2) is 5.67. The smallest absolute Gasteiger partial charge is 0.0537 e. The first-order chi connectivity index (χ1) is 8.16. The third-order valence-corrected chi connectivity index (χ3v) is 4.09. The van der Waals surface area contributed by atoms with Gasteiger partial charge in [-0.15, -0.1) is 0 Å². The molecule has 0 amide bonds. The van der Waals surface area contributed by atoms with E-state index < -0.39 is 0 Å². The molecule has 1 aromatic rings. The summed E-state index contributed by atoms with van der Waals surface area (Å²) in [6.45, 7) is 4.57. The lowest BCUT2D eigenvalue weighted by Crippen LogP contribution is -2.36. The molecule has 1 aromatic heterocycles. The molecule has 0 bridgehead atoms. The Labute approximate surface area is 105 Å². The summed E-state index contributed by atoms with van der Waals surface area (Å²) in [5.74, 6) is 0.864. The highest BCUT2D eigenvalue weighted by atomic mass is 15.2. The molecule has 2 atom stereocenters. The first kappa shape index (κ1) is 12.6. The number of rotatable bonds is 4. The maximum absolute atomic E-state index is 4.23. The molecule has 1 aliphatic carbocycles. The quantitative estimate of drug-likeness (QED) is 0.869. The Morgan fingerprint density at radius 1 is 1.29 bits per heavy atom. The van der Waals surface area contributed by atoms with Crippen LogP contribution < -0.4 is 5.32 Å². The van der Waals surface area contributed by atoms with E-state index in [1.807, 2.05) is 17.9 Å². The van der Waals surface area contributed by atoms with E-state index in [1.54, 1.807) is 0 Å². The Bertz CT molecular complexity index is 339. The molecule has 1 unspecified atom stereocenters. The number of nitrogens with zero attached hydrogens (tertiary/aromatic N) is 2. The molecule has 0 saturated heterocycles. The first-order valence-corrected chi connectivity index (χ1v) is 6.91. The van der Waals surface area contributed by atoms with Gasteiger partial charge in [0.1, 0.15) is 0 Å². The molecule has 2 rings (SSSR count). The first-order valence-electron chi connectivity index (χ1n) is 6.91. The zero-order valence-corrected chi connectivity index (χ0v) is 11.3. The Balaban J connectivity index is 1.87. The van der Waals surface area contributed by atoms with E-state index in [0.29, 0.717) is 12.1 Å². The van der Waals surface area contributed by atoms with E-state index in [9.17, 15) is 0 Å². The van der Waals surface area contributed by atoms with Gasteiger partial charge in [0.15, 0.2) is 0 Å². The predicted molar refractivity (Wildman–Crippen MR) is 70.8 cm³/mol. The molecular weight excluding hydrogens is 210 g/mol. The number of hydrogen-bond donors (Lipinski definition) is 1. The minimum Gasteiger partial charge on any atom is -0.307 e. The fraction of sp³-hybridized carbons (Fsp3) is 0.786. The molecule has 0 aliphatic heterocycles. The monoisotopic (exact) mass is 235 g/mol. The summed E-state index contributed by atoms with van der Waals surface area (Å²) in [7, 11) is 1.97. The van der Waals surface area contributed by atoms with Crippen LogP contribution in [0.3, 0.4) is 0 Å². The lowest BCUT2D eigenvalue weighted by molar-refractivity contribution is 0.268. The molecule has 1 N–H and O–H groups in total. The van der Waals surface area contributed by atoms with Gasteiger partial charge in [0, 0.05) is 30.9 Å². The molecule has 96 valence electrons. The van der Waals surface area contributed by atoms with Crippen molar-refractivity contribution in [1.82, 2.24) is 15.1 Å². The zero-order chi connectivity index (χ0) is 12.3. The summed E-state index contributed by atoms with van der Waals surface area (Å²) in [4.78, 5) is 0. The maximum Gasteiger partial charge on any atom is 0.0537 e. The van der Waals surface area contributed by atoms with E-state index >= 15 is 0 Å². The van der Waals surface area contributed by atoms with Crippen molar-refractivity contribution >= 4 is 0 Å². The van der Waals surface area contributed by atoms with Crippen molar-refractivity contribution in [3.05, 3.63) is 18.0 Å². The van der Waals surface area contributed by atoms with Crippen LogP contribution in [-0.2, 0) is 7.05 Å². The van der Waals surface area contributed by atoms with Crippen LogP contribution in [0, 0.1) is 5.92 Å². The van der Waals surface area contributed by atoms with Crippen LogP contribution in [0.2, 0.25) is 0 Å². The van der Waals surface area contributed by atoms with Crippen LogP contribution >= 0.6 is 0 Å². The van der Waals surface area contributed by atoms with Gasteiger partial charge >= 0.3 is 0 Å². The fourth-order valence-corrected chi connectivity index (χ4v) is 2.92. The van der Waals surface area contributed by atoms with Crippen molar-refractivity contribution in [2.24, 2.45) is 13.0 Å². The van der Waals surface area contributed by atoms with E-state index in [0.717, 1.165) is 5.92 Å². The van der Waals surface area contributed by atoms with Gasteiger partial charge in [-0.3, -0.25) is 4.68 Å². The molecule has 1 aliphatic rings. The van der Waals surface area contributed by atoms with Crippen molar-refractivity contribution in [3.63, 3.8) is 0 Å². The molecule has 0 spiro atoms. The van der Waals surface area contributed by atoms with Crippen molar-refractivity contribution in [3.8, 4) is 0 Å². The second-order valence-corrected chi connectivity index (χ2v) is 5.52. The fourth-order valence-electron chi connectivity index (χ4n) is 2.92. The Kier molecular flexibility index (Phi) is 4.21. The third-order valence-electron chi connectivity index (χ3n) is 4.09. The Morgan fingerprint density at radius 3 is 2.59 bits per heavy atom. The van der Waals surface area contributed by atoms with Crippen molar-refractivity contribution in [1.29, 1.82) is 0 Å². The summed E-state index contributed by atoms with van der Waals surface area (Å²) in [6.07, 6.45) is 11.1. The molecule has 1 saturated carbocycles. The van der Waals surface area contributed by atoms with Crippen LogP contribution in [0.4, 0.5) is 0 Å². The Morgan fingerprint density at radius 2 is 2.00 bits per heavy atom. The molecule has 1 heterocycles. The standard InChI is InChI=1S/C14H25N3/c1-11(13-7-5-4-6-8-13)16-12(2)14-9-15-17(3)10-14/h9-13,16H,4-8H2,1-3H3/t11-,12?/m1/s1. The summed E-state index contributed by atoms with van der Waals surface area (Å²) >= 11 is 0. The maximum atomic E-state index is 4.23. The number of hydrogen-bond acceptors (Lipinski definition) is 2. The summed E-state index contributed by atoms with van der Waals surface area (Å²) in [5.41, 5.74) is 1.29. The van der Waals surface area contributed by atoms with Gasteiger partial charge in [0.2, 0.25) is 0 Å². The second-order valence-electron chi connectivity index (χ2n) is 5.52. The van der Waals surface area contributed by atoms with Crippen LogP contribution in [0.15, 0.2) is 12.4 Å². The van der Waals surface area contributed by atoms with Crippen LogP contribution in [0.1, 0.15) is 57.6 Å². The average Bonchev–Trinajstić information content (AvgIpc) is 2.77. The topological polar surface area (TPSA) is 29.9 Å².